The minimum absolute atomic E-state index is 0.154. The molecule has 0 saturated heterocycles. The van der Waals surface area contributed by atoms with E-state index in [0.29, 0.717) is 11.1 Å². The van der Waals surface area contributed by atoms with E-state index >= 15 is 0 Å². The number of hydrogen-bond acceptors (Lipinski definition) is 3. The quantitative estimate of drug-likeness (QED) is 0.608. The van der Waals surface area contributed by atoms with Crippen LogP contribution in [0.15, 0.2) is 24.3 Å². The van der Waals surface area contributed by atoms with Gasteiger partial charge in [-0.05, 0) is 24.3 Å². The van der Waals surface area contributed by atoms with Crippen molar-refractivity contribution in [2.75, 3.05) is 11.9 Å². The lowest BCUT2D eigenvalue weighted by molar-refractivity contribution is -0.384. The number of benzene rings is 1. The Morgan fingerprint density at radius 2 is 2.13 bits per heavy atom. The van der Waals surface area contributed by atoms with Crippen LogP contribution in [0.4, 0.5) is 11.4 Å². The van der Waals surface area contributed by atoms with Gasteiger partial charge in [-0.2, -0.15) is 0 Å². The summed E-state index contributed by atoms with van der Waals surface area (Å²) in [5.41, 5.74) is 1.13. The maximum Gasteiger partial charge on any atom is 0.292 e. The lowest BCUT2D eigenvalue weighted by Gasteiger charge is -2.11. The molecule has 1 aromatic rings. The predicted molar refractivity (Wildman–Crippen MR) is 58.9 cm³/mol. The van der Waals surface area contributed by atoms with Gasteiger partial charge in [0.15, 0.2) is 0 Å². The van der Waals surface area contributed by atoms with Gasteiger partial charge in [0.2, 0.25) is 0 Å². The molecule has 80 valence electrons. The summed E-state index contributed by atoms with van der Waals surface area (Å²) in [7, 11) is 0. The number of anilines is 1. The molecule has 1 aliphatic carbocycles. The average Bonchev–Trinajstić information content (AvgIpc) is 2.95. The molecule has 0 bridgehead atoms. The van der Waals surface area contributed by atoms with Gasteiger partial charge >= 0.3 is 0 Å². The zero-order valence-electron chi connectivity index (χ0n) is 8.69. The molecule has 0 aliphatic heterocycles. The van der Waals surface area contributed by atoms with Crippen LogP contribution >= 0.6 is 0 Å². The molecule has 0 heterocycles. The number of nitro groups is 1. The first-order valence-corrected chi connectivity index (χ1v) is 5.08. The van der Waals surface area contributed by atoms with Crippen LogP contribution in [0.25, 0.3) is 0 Å². The van der Waals surface area contributed by atoms with Crippen LogP contribution in [0.2, 0.25) is 0 Å². The molecule has 0 atom stereocenters. The van der Waals surface area contributed by atoms with Crippen LogP contribution in [-0.4, -0.2) is 11.5 Å². The molecule has 4 nitrogen and oxygen atoms in total. The first-order valence-electron chi connectivity index (χ1n) is 5.08. The molecule has 0 aromatic heterocycles. The van der Waals surface area contributed by atoms with E-state index in [1.54, 1.807) is 12.1 Å². The third kappa shape index (κ3) is 2.26. The Bertz CT molecular complexity index is 386. The largest absolute Gasteiger partial charge is 0.379 e. The highest BCUT2D eigenvalue weighted by Gasteiger charge is 2.37. The molecule has 1 aromatic carbocycles. The zero-order valence-corrected chi connectivity index (χ0v) is 8.69. The van der Waals surface area contributed by atoms with Crippen LogP contribution < -0.4 is 5.32 Å². The van der Waals surface area contributed by atoms with Crippen LogP contribution in [0, 0.1) is 15.5 Å². The van der Waals surface area contributed by atoms with Crippen molar-refractivity contribution in [2.24, 2.45) is 5.41 Å². The highest BCUT2D eigenvalue weighted by Crippen LogP contribution is 2.45. The van der Waals surface area contributed by atoms with Crippen molar-refractivity contribution < 1.29 is 4.92 Å². The summed E-state index contributed by atoms with van der Waals surface area (Å²) >= 11 is 0. The van der Waals surface area contributed by atoms with Crippen molar-refractivity contribution in [3.8, 4) is 0 Å². The molecule has 2 rings (SSSR count). The number of nitrogens with zero attached hydrogens (tertiary/aromatic N) is 1. The van der Waals surface area contributed by atoms with Crippen LogP contribution in [0.3, 0.4) is 0 Å². The highest BCUT2D eigenvalue weighted by atomic mass is 16.6. The van der Waals surface area contributed by atoms with E-state index < -0.39 is 0 Å². The fourth-order valence-electron chi connectivity index (χ4n) is 1.48. The second-order valence-corrected chi connectivity index (χ2v) is 4.44. The number of para-hydroxylation sites is 2. The van der Waals surface area contributed by atoms with Crippen molar-refractivity contribution in [3.63, 3.8) is 0 Å². The molecule has 1 N–H and O–H groups in total. The van der Waals surface area contributed by atoms with E-state index in [-0.39, 0.29) is 10.6 Å². The first kappa shape index (κ1) is 9.96. The summed E-state index contributed by atoms with van der Waals surface area (Å²) < 4.78 is 0. The number of rotatable bonds is 4. The second-order valence-electron chi connectivity index (χ2n) is 4.44. The summed E-state index contributed by atoms with van der Waals surface area (Å²) in [5, 5.41) is 13.9. The summed E-state index contributed by atoms with van der Waals surface area (Å²) in [6, 6.07) is 6.77. The minimum atomic E-state index is -0.350. The van der Waals surface area contributed by atoms with Gasteiger partial charge in [0, 0.05) is 12.6 Å². The zero-order chi connectivity index (χ0) is 10.9. The molecule has 1 fully saturated rings. The SMILES string of the molecule is CC1(CNc2ccccc2[N+](=O)[O-])CC1. The standard InChI is InChI=1S/C11H14N2O2/c1-11(6-7-11)8-12-9-4-2-3-5-10(9)13(14)15/h2-5,12H,6-8H2,1H3. The summed E-state index contributed by atoms with van der Waals surface area (Å²) in [6.07, 6.45) is 2.42. The Morgan fingerprint density at radius 3 is 2.73 bits per heavy atom. The lowest BCUT2D eigenvalue weighted by atomic mass is 10.1. The molecule has 0 amide bonds. The first-order chi connectivity index (χ1) is 7.11. The van der Waals surface area contributed by atoms with Crippen molar-refractivity contribution in [3.05, 3.63) is 34.4 Å². The average molecular weight is 206 g/mol. The summed E-state index contributed by atoms with van der Waals surface area (Å²) in [5.74, 6) is 0. The van der Waals surface area contributed by atoms with Crippen molar-refractivity contribution in [1.82, 2.24) is 0 Å². The van der Waals surface area contributed by atoms with Gasteiger partial charge in [0.1, 0.15) is 5.69 Å². The molecule has 15 heavy (non-hydrogen) atoms. The van der Waals surface area contributed by atoms with E-state index in [1.807, 2.05) is 6.07 Å². The maximum absolute atomic E-state index is 10.7. The predicted octanol–water partition coefficient (Wildman–Crippen LogP) is 2.81. The molecule has 0 radical (unpaired) electrons. The fourth-order valence-corrected chi connectivity index (χ4v) is 1.48. The van der Waals surface area contributed by atoms with Gasteiger partial charge in [-0.3, -0.25) is 10.1 Å². The minimum Gasteiger partial charge on any atom is -0.379 e. The van der Waals surface area contributed by atoms with Crippen LogP contribution in [0.1, 0.15) is 19.8 Å². The van der Waals surface area contributed by atoms with Crippen molar-refractivity contribution in [2.45, 2.75) is 19.8 Å². The van der Waals surface area contributed by atoms with E-state index in [1.165, 1.54) is 18.9 Å². The Morgan fingerprint density at radius 1 is 1.47 bits per heavy atom. The van der Waals surface area contributed by atoms with Gasteiger partial charge < -0.3 is 5.32 Å². The van der Waals surface area contributed by atoms with Gasteiger partial charge in [0.25, 0.3) is 5.69 Å². The van der Waals surface area contributed by atoms with E-state index in [9.17, 15) is 10.1 Å². The van der Waals surface area contributed by atoms with Crippen molar-refractivity contribution in [1.29, 1.82) is 0 Å². The van der Waals surface area contributed by atoms with E-state index in [4.69, 9.17) is 0 Å². The molecule has 1 saturated carbocycles. The number of hydrogen-bond donors (Lipinski definition) is 1. The highest BCUT2D eigenvalue weighted by molar-refractivity contribution is 5.61. The fraction of sp³-hybridized carbons (Fsp3) is 0.455. The monoisotopic (exact) mass is 206 g/mol. The molecular weight excluding hydrogens is 192 g/mol. The molecule has 0 spiro atoms. The Labute approximate surface area is 88.5 Å². The maximum atomic E-state index is 10.7. The molecule has 0 unspecified atom stereocenters. The number of nitro benzene ring substituents is 1. The van der Waals surface area contributed by atoms with E-state index in [2.05, 4.69) is 12.2 Å². The third-order valence-electron chi connectivity index (χ3n) is 2.91. The normalized spacial score (nSPS) is 17.1. The number of nitrogens with one attached hydrogen (secondary N) is 1. The lowest BCUT2D eigenvalue weighted by Crippen LogP contribution is -2.12. The Hall–Kier alpha value is -1.58. The molecular formula is C11H14N2O2. The Balaban J connectivity index is 2.09. The third-order valence-corrected chi connectivity index (χ3v) is 2.91. The smallest absolute Gasteiger partial charge is 0.292 e. The summed E-state index contributed by atoms with van der Waals surface area (Å²) in [4.78, 5) is 10.4. The second kappa shape index (κ2) is 3.53. The van der Waals surface area contributed by atoms with Gasteiger partial charge in [-0.15, -0.1) is 0 Å². The Kier molecular flexibility index (Phi) is 2.34. The summed E-state index contributed by atoms with van der Waals surface area (Å²) in [6.45, 7) is 3.01. The van der Waals surface area contributed by atoms with Gasteiger partial charge in [-0.1, -0.05) is 19.1 Å². The van der Waals surface area contributed by atoms with Crippen molar-refractivity contribution >= 4 is 11.4 Å². The van der Waals surface area contributed by atoms with Gasteiger partial charge in [-0.25, -0.2) is 0 Å². The van der Waals surface area contributed by atoms with E-state index in [0.717, 1.165) is 6.54 Å². The van der Waals surface area contributed by atoms with Crippen LogP contribution in [0.5, 0.6) is 0 Å². The van der Waals surface area contributed by atoms with Gasteiger partial charge in [0.05, 0.1) is 4.92 Å². The molecule has 1 aliphatic rings. The topological polar surface area (TPSA) is 55.2 Å². The molecule has 4 heteroatoms. The van der Waals surface area contributed by atoms with Crippen LogP contribution in [-0.2, 0) is 0 Å².